The number of rotatable bonds is 3. The maximum absolute atomic E-state index is 4.24. The SMILES string of the molecule is c1ccc2c(c1)SCC2Nc1ccc(-n2cccn2)cc1. The van der Waals surface area contributed by atoms with E-state index in [0.29, 0.717) is 6.04 Å². The van der Waals surface area contributed by atoms with E-state index in [2.05, 4.69) is 58.9 Å². The van der Waals surface area contributed by atoms with Crippen molar-refractivity contribution in [3.8, 4) is 5.69 Å². The van der Waals surface area contributed by atoms with Crippen molar-refractivity contribution in [2.24, 2.45) is 0 Å². The molecule has 4 heteroatoms. The van der Waals surface area contributed by atoms with Crippen LogP contribution < -0.4 is 5.32 Å². The molecule has 0 fully saturated rings. The second-order valence-electron chi connectivity index (χ2n) is 5.04. The van der Waals surface area contributed by atoms with Gasteiger partial charge in [0.25, 0.3) is 0 Å². The van der Waals surface area contributed by atoms with E-state index in [0.717, 1.165) is 17.1 Å². The smallest absolute Gasteiger partial charge is 0.0647 e. The Morgan fingerprint density at radius 2 is 1.90 bits per heavy atom. The lowest BCUT2D eigenvalue weighted by Gasteiger charge is -2.15. The number of hydrogen-bond donors (Lipinski definition) is 1. The summed E-state index contributed by atoms with van der Waals surface area (Å²) in [5.74, 6) is 1.08. The van der Waals surface area contributed by atoms with Crippen LogP contribution >= 0.6 is 11.8 Å². The Kier molecular flexibility index (Phi) is 3.16. The number of aromatic nitrogens is 2. The molecular weight excluding hydrogens is 278 g/mol. The molecule has 0 aliphatic carbocycles. The molecule has 3 aromatic rings. The molecule has 0 saturated carbocycles. The first-order chi connectivity index (χ1) is 10.4. The lowest BCUT2D eigenvalue weighted by molar-refractivity contribution is 0.877. The van der Waals surface area contributed by atoms with Crippen molar-refractivity contribution in [3.63, 3.8) is 0 Å². The summed E-state index contributed by atoms with van der Waals surface area (Å²) >= 11 is 1.92. The number of benzene rings is 2. The third kappa shape index (κ3) is 2.43. The second kappa shape index (κ2) is 5.30. The van der Waals surface area contributed by atoms with Crippen LogP contribution in [-0.2, 0) is 0 Å². The van der Waals surface area contributed by atoms with Gasteiger partial charge in [-0.15, -0.1) is 11.8 Å². The first kappa shape index (κ1) is 12.5. The van der Waals surface area contributed by atoms with Gasteiger partial charge in [0.2, 0.25) is 0 Å². The number of nitrogens with zero attached hydrogens (tertiary/aromatic N) is 2. The van der Waals surface area contributed by atoms with Gasteiger partial charge >= 0.3 is 0 Å². The second-order valence-corrected chi connectivity index (χ2v) is 6.11. The van der Waals surface area contributed by atoms with Gasteiger partial charge in [0.15, 0.2) is 0 Å². The Morgan fingerprint density at radius 1 is 1.05 bits per heavy atom. The fourth-order valence-electron chi connectivity index (χ4n) is 2.62. The maximum atomic E-state index is 4.24. The monoisotopic (exact) mass is 293 g/mol. The first-order valence-electron chi connectivity index (χ1n) is 6.98. The molecule has 0 saturated heterocycles. The minimum Gasteiger partial charge on any atom is -0.377 e. The standard InChI is InChI=1S/C17H15N3S/c1-2-5-17-15(4-1)16(12-21-17)19-13-6-8-14(9-7-13)20-11-3-10-18-20/h1-11,16,19H,12H2. The van der Waals surface area contributed by atoms with Crippen LogP contribution in [0, 0.1) is 0 Å². The molecule has 3 nitrogen and oxygen atoms in total. The van der Waals surface area contributed by atoms with Gasteiger partial charge < -0.3 is 5.32 Å². The molecule has 1 unspecified atom stereocenters. The molecule has 0 bridgehead atoms. The molecule has 21 heavy (non-hydrogen) atoms. The molecule has 1 atom stereocenters. The molecule has 1 aliphatic rings. The van der Waals surface area contributed by atoms with Gasteiger partial charge in [0.05, 0.1) is 11.7 Å². The zero-order valence-electron chi connectivity index (χ0n) is 11.4. The first-order valence-corrected chi connectivity index (χ1v) is 7.97. The minimum atomic E-state index is 0.391. The van der Waals surface area contributed by atoms with Gasteiger partial charge in [-0.3, -0.25) is 0 Å². The molecule has 2 aromatic carbocycles. The molecule has 2 heterocycles. The molecular formula is C17H15N3S. The van der Waals surface area contributed by atoms with Crippen LogP contribution in [0.15, 0.2) is 71.9 Å². The van der Waals surface area contributed by atoms with Crippen LogP contribution in [0.3, 0.4) is 0 Å². The average Bonchev–Trinajstić information content (AvgIpc) is 3.19. The van der Waals surface area contributed by atoms with E-state index in [4.69, 9.17) is 0 Å². The van der Waals surface area contributed by atoms with E-state index in [1.165, 1.54) is 10.5 Å². The predicted octanol–water partition coefficient (Wildman–Crippen LogP) is 4.13. The third-order valence-corrected chi connectivity index (χ3v) is 4.86. The summed E-state index contributed by atoms with van der Waals surface area (Å²) in [6, 6.07) is 19.3. The van der Waals surface area contributed by atoms with Crippen molar-refractivity contribution >= 4 is 17.4 Å². The van der Waals surface area contributed by atoms with E-state index in [1.807, 2.05) is 28.7 Å². The Hall–Kier alpha value is -2.20. The van der Waals surface area contributed by atoms with Crippen LogP contribution in [-0.4, -0.2) is 15.5 Å². The summed E-state index contributed by atoms with van der Waals surface area (Å²) in [7, 11) is 0. The zero-order chi connectivity index (χ0) is 14.1. The summed E-state index contributed by atoms with van der Waals surface area (Å²) in [4.78, 5) is 1.39. The molecule has 1 aromatic heterocycles. The van der Waals surface area contributed by atoms with E-state index >= 15 is 0 Å². The van der Waals surface area contributed by atoms with Crippen LogP contribution in [0.2, 0.25) is 0 Å². The Bertz CT molecular complexity index is 735. The van der Waals surface area contributed by atoms with Crippen LogP contribution in [0.5, 0.6) is 0 Å². The number of hydrogen-bond acceptors (Lipinski definition) is 3. The van der Waals surface area contributed by atoms with Crippen molar-refractivity contribution in [2.45, 2.75) is 10.9 Å². The minimum absolute atomic E-state index is 0.391. The van der Waals surface area contributed by atoms with E-state index in [-0.39, 0.29) is 0 Å². The average molecular weight is 293 g/mol. The number of fused-ring (bicyclic) bond motifs is 1. The normalized spacial score (nSPS) is 16.7. The Balaban J connectivity index is 1.53. The molecule has 104 valence electrons. The predicted molar refractivity (Wildman–Crippen MR) is 87.1 cm³/mol. The van der Waals surface area contributed by atoms with Crippen molar-refractivity contribution in [2.75, 3.05) is 11.1 Å². The van der Waals surface area contributed by atoms with Gasteiger partial charge in [-0.1, -0.05) is 18.2 Å². The van der Waals surface area contributed by atoms with Gasteiger partial charge in [-0.25, -0.2) is 4.68 Å². The molecule has 0 amide bonds. The molecule has 4 rings (SSSR count). The number of nitrogens with one attached hydrogen (secondary N) is 1. The van der Waals surface area contributed by atoms with Crippen LogP contribution in [0.25, 0.3) is 5.69 Å². The molecule has 0 spiro atoms. The van der Waals surface area contributed by atoms with Crippen molar-refractivity contribution in [3.05, 3.63) is 72.6 Å². The highest BCUT2D eigenvalue weighted by atomic mass is 32.2. The molecule has 1 aliphatic heterocycles. The van der Waals surface area contributed by atoms with Gasteiger partial charge in [0.1, 0.15) is 0 Å². The van der Waals surface area contributed by atoms with Crippen molar-refractivity contribution < 1.29 is 0 Å². The van der Waals surface area contributed by atoms with Crippen molar-refractivity contribution in [1.29, 1.82) is 0 Å². The quantitative estimate of drug-likeness (QED) is 0.787. The van der Waals surface area contributed by atoms with E-state index in [1.54, 1.807) is 6.20 Å². The Morgan fingerprint density at radius 3 is 2.71 bits per heavy atom. The van der Waals surface area contributed by atoms with Gasteiger partial charge in [0, 0.05) is 28.7 Å². The zero-order valence-corrected chi connectivity index (χ0v) is 12.3. The summed E-state index contributed by atoms with van der Waals surface area (Å²) in [5, 5.41) is 7.86. The largest absolute Gasteiger partial charge is 0.377 e. The summed E-state index contributed by atoms with van der Waals surface area (Å²) in [6.07, 6.45) is 3.74. The lowest BCUT2D eigenvalue weighted by atomic mass is 10.1. The van der Waals surface area contributed by atoms with Crippen LogP contribution in [0.1, 0.15) is 11.6 Å². The summed E-state index contributed by atoms with van der Waals surface area (Å²) in [6.45, 7) is 0. The highest BCUT2D eigenvalue weighted by molar-refractivity contribution is 7.99. The van der Waals surface area contributed by atoms with Gasteiger partial charge in [-0.05, 0) is 42.0 Å². The van der Waals surface area contributed by atoms with E-state index in [9.17, 15) is 0 Å². The maximum Gasteiger partial charge on any atom is 0.0647 e. The topological polar surface area (TPSA) is 29.9 Å². The summed E-state index contributed by atoms with van der Waals surface area (Å²) < 4.78 is 1.87. The highest BCUT2D eigenvalue weighted by Gasteiger charge is 2.22. The molecule has 0 radical (unpaired) electrons. The third-order valence-electron chi connectivity index (χ3n) is 3.68. The Labute approximate surface area is 128 Å². The van der Waals surface area contributed by atoms with Crippen LogP contribution in [0.4, 0.5) is 5.69 Å². The van der Waals surface area contributed by atoms with Crippen molar-refractivity contribution in [1.82, 2.24) is 9.78 Å². The lowest BCUT2D eigenvalue weighted by Crippen LogP contribution is -2.09. The number of thioether (sulfide) groups is 1. The van der Waals surface area contributed by atoms with Gasteiger partial charge in [-0.2, -0.15) is 5.10 Å². The number of anilines is 1. The fourth-order valence-corrected chi connectivity index (χ4v) is 3.78. The van der Waals surface area contributed by atoms with E-state index < -0.39 is 0 Å². The molecule has 1 N–H and O–H groups in total. The fraction of sp³-hybridized carbons (Fsp3) is 0.118. The highest BCUT2D eigenvalue weighted by Crippen LogP contribution is 2.39. The summed E-state index contributed by atoms with van der Waals surface area (Å²) in [5.41, 5.74) is 3.62.